The normalized spacial score (nSPS) is 15.9. The average Bonchev–Trinajstić information content (AvgIpc) is 4.10. The lowest BCUT2D eigenvalue weighted by molar-refractivity contribution is -0.162. The molecule has 0 spiro atoms. The molecule has 1 fully saturated rings. The Morgan fingerprint density at radius 2 is 1.08 bits per heavy atom. The van der Waals surface area contributed by atoms with Gasteiger partial charge in [0, 0.05) is 7.11 Å². The maximum atomic E-state index is 12.5. The zero-order valence-electron chi connectivity index (χ0n) is 40.7. The molecule has 16 nitrogen and oxygen atoms in total. The largest absolute Gasteiger partial charge is 0.481 e. The topological polar surface area (TPSA) is 193 Å². The van der Waals surface area contributed by atoms with Gasteiger partial charge in [0.1, 0.15) is 19.3 Å². The maximum absolute atomic E-state index is 12.5. The summed E-state index contributed by atoms with van der Waals surface area (Å²) in [6.07, 6.45) is 12.6. The summed E-state index contributed by atoms with van der Waals surface area (Å²) in [6, 6.07) is 0. The molecule has 0 saturated carbocycles. The van der Waals surface area contributed by atoms with E-state index in [1.165, 1.54) is 52.1 Å². The first-order valence-electron chi connectivity index (χ1n) is 23.4. The number of unbranched alkanes of at least 4 members (excludes halogenated alkanes) is 7. The zero-order valence-corrected chi connectivity index (χ0v) is 40.7. The molecule has 0 radical (unpaired) electrons. The van der Waals surface area contributed by atoms with Crippen LogP contribution < -0.4 is 0 Å². The SMILES string of the molecule is CCC(C)(CC(C)(C)C(=O)OCC1CO1)C(=O)OC.CCCCCCCCCCC(C)CC(C(=O)O)C(C)C(=O)OCCOCCOCCOCCOCCOCCOCCOC. The van der Waals surface area contributed by atoms with E-state index in [9.17, 15) is 24.3 Å². The minimum absolute atomic E-state index is 0.0536. The van der Waals surface area contributed by atoms with Crippen molar-refractivity contribution in [1.82, 2.24) is 0 Å². The number of hydrogen-bond donors (Lipinski definition) is 1. The van der Waals surface area contributed by atoms with E-state index in [0.29, 0.717) is 112 Å². The van der Waals surface area contributed by atoms with E-state index in [2.05, 4.69) is 13.8 Å². The van der Waals surface area contributed by atoms with Crippen molar-refractivity contribution < 1.29 is 76.4 Å². The van der Waals surface area contributed by atoms with Gasteiger partial charge in [-0.3, -0.25) is 19.2 Å². The average molecular weight is 909 g/mol. The molecule has 0 aromatic heterocycles. The second-order valence-electron chi connectivity index (χ2n) is 17.2. The van der Waals surface area contributed by atoms with Crippen LogP contribution in [0.15, 0.2) is 0 Å². The maximum Gasteiger partial charge on any atom is 0.311 e. The molecular weight excluding hydrogens is 821 g/mol. The van der Waals surface area contributed by atoms with Gasteiger partial charge in [0.2, 0.25) is 0 Å². The molecule has 0 aromatic rings. The summed E-state index contributed by atoms with van der Waals surface area (Å²) >= 11 is 0. The van der Waals surface area contributed by atoms with Crippen LogP contribution in [0.5, 0.6) is 0 Å². The van der Waals surface area contributed by atoms with Crippen LogP contribution in [0.1, 0.15) is 126 Å². The Hall–Kier alpha value is -2.44. The highest BCUT2D eigenvalue weighted by Gasteiger charge is 2.43. The first-order chi connectivity index (χ1) is 30.2. The number of carbonyl (C=O) groups is 4. The Morgan fingerprint density at radius 1 is 0.635 bits per heavy atom. The highest BCUT2D eigenvalue weighted by Crippen LogP contribution is 2.38. The Labute approximate surface area is 379 Å². The molecule has 1 saturated heterocycles. The van der Waals surface area contributed by atoms with Crippen LogP contribution in [0.3, 0.4) is 0 Å². The van der Waals surface area contributed by atoms with Gasteiger partial charge in [-0.2, -0.15) is 0 Å². The first-order valence-corrected chi connectivity index (χ1v) is 23.4. The van der Waals surface area contributed by atoms with E-state index >= 15 is 0 Å². The third-order valence-electron chi connectivity index (χ3n) is 10.9. The Kier molecular flexibility index (Phi) is 37.3. The summed E-state index contributed by atoms with van der Waals surface area (Å²) in [5, 5.41) is 9.73. The van der Waals surface area contributed by atoms with Crippen LogP contribution >= 0.6 is 0 Å². The Bertz CT molecular complexity index is 1150. The fourth-order valence-electron chi connectivity index (χ4n) is 6.70. The monoisotopic (exact) mass is 909 g/mol. The van der Waals surface area contributed by atoms with Crippen molar-refractivity contribution in [2.75, 3.05) is 120 Å². The molecule has 0 aromatic carbocycles. The number of rotatable bonds is 42. The van der Waals surface area contributed by atoms with Gasteiger partial charge < -0.3 is 57.2 Å². The fraction of sp³-hybridized carbons (Fsp3) is 0.915. The van der Waals surface area contributed by atoms with Crippen LogP contribution in [0.4, 0.5) is 0 Å². The lowest BCUT2D eigenvalue weighted by Crippen LogP contribution is -2.38. The van der Waals surface area contributed by atoms with Gasteiger partial charge in [-0.25, -0.2) is 0 Å². The van der Waals surface area contributed by atoms with Gasteiger partial charge in [0.15, 0.2) is 0 Å². The van der Waals surface area contributed by atoms with Crippen molar-refractivity contribution in [3.63, 3.8) is 0 Å². The van der Waals surface area contributed by atoms with Crippen molar-refractivity contribution >= 4 is 23.9 Å². The summed E-state index contributed by atoms with van der Waals surface area (Å²) in [5.41, 5.74) is -1.40. The van der Waals surface area contributed by atoms with Crippen LogP contribution in [0, 0.1) is 28.6 Å². The molecule has 1 N–H and O–H groups in total. The highest BCUT2D eigenvalue weighted by atomic mass is 16.6. The lowest BCUT2D eigenvalue weighted by atomic mass is 9.72. The van der Waals surface area contributed by atoms with Crippen molar-refractivity contribution in [3.05, 3.63) is 0 Å². The second-order valence-corrected chi connectivity index (χ2v) is 17.2. The summed E-state index contributed by atoms with van der Waals surface area (Å²) in [5.74, 6) is -3.22. The minimum atomic E-state index is -0.941. The van der Waals surface area contributed by atoms with Gasteiger partial charge in [-0.15, -0.1) is 0 Å². The molecule has 5 atom stereocenters. The highest BCUT2D eigenvalue weighted by molar-refractivity contribution is 5.81. The number of carbonyl (C=O) groups excluding carboxylic acids is 3. The quantitative estimate of drug-likeness (QED) is 0.0282. The van der Waals surface area contributed by atoms with E-state index in [0.717, 1.165) is 12.8 Å². The fourth-order valence-corrected chi connectivity index (χ4v) is 6.70. The van der Waals surface area contributed by atoms with Crippen LogP contribution in [0.2, 0.25) is 0 Å². The van der Waals surface area contributed by atoms with E-state index in [-0.39, 0.29) is 37.2 Å². The van der Waals surface area contributed by atoms with Gasteiger partial charge in [-0.05, 0) is 46.0 Å². The summed E-state index contributed by atoms with van der Waals surface area (Å²) in [6.45, 7) is 20.4. The van der Waals surface area contributed by atoms with Crippen LogP contribution in [0.25, 0.3) is 0 Å². The van der Waals surface area contributed by atoms with Gasteiger partial charge >= 0.3 is 23.9 Å². The van der Waals surface area contributed by atoms with Crippen molar-refractivity contribution in [2.24, 2.45) is 28.6 Å². The van der Waals surface area contributed by atoms with E-state index < -0.39 is 34.6 Å². The second kappa shape index (κ2) is 38.8. The summed E-state index contributed by atoms with van der Waals surface area (Å²) in [4.78, 5) is 48.3. The van der Waals surface area contributed by atoms with E-state index in [4.69, 9.17) is 52.1 Å². The summed E-state index contributed by atoms with van der Waals surface area (Å²) < 4.78 is 57.7. The smallest absolute Gasteiger partial charge is 0.311 e. The number of methoxy groups -OCH3 is 2. The molecular formula is C47H88O16. The van der Waals surface area contributed by atoms with Crippen molar-refractivity contribution in [3.8, 4) is 0 Å². The minimum Gasteiger partial charge on any atom is -0.481 e. The molecule has 0 amide bonds. The van der Waals surface area contributed by atoms with Crippen LogP contribution in [-0.4, -0.2) is 155 Å². The lowest BCUT2D eigenvalue weighted by Gasteiger charge is -2.33. The number of carboxylic acids is 1. The molecule has 372 valence electrons. The predicted octanol–water partition coefficient (Wildman–Crippen LogP) is 7.10. The summed E-state index contributed by atoms with van der Waals surface area (Å²) in [7, 11) is 3.00. The van der Waals surface area contributed by atoms with Crippen molar-refractivity contribution in [2.45, 2.75) is 132 Å². The van der Waals surface area contributed by atoms with Gasteiger partial charge in [-0.1, -0.05) is 85.5 Å². The molecule has 0 bridgehead atoms. The number of ether oxygens (including phenoxy) is 11. The third-order valence-corrected chi connectivity index (χ3v) is 10.9. The van der Waals surface area contributed by atoms with E-state index in [1.807, 2.05) is 13.8 Å². The number of esters is 3. The number of aliphatic carboxylic acids is 1. The van der Waals surface area contributed by atoms with Gasteiger partial charge in [0.25, 0.3) is 0 Å². The Balaban J connectivity index is 0.00000167. The Morgan fingerprint density at radius 3 is 1.49 bits per heavy atom. The molecule has 16 heteroatoms. The molecule has 1 heterocycles. The molecule has 0 aliphatic carbocycles. The zero-order chi connectivity index (χ0) is 47.2. The molecule has 1 aliphatic heterocycles. The standard InChI is InChI=1S/C33H64O11.C14H24O5/c1-5-6-7-8-9-10-11-12-13-29(2)28-31(32(34)35)30(3)33(36)44-27-26-43-25-24-42-23-22-41-21-20-40-19-18-39-17-16-38-15-14-37-4;1-6-14(4,12(16)17-5)9-13(2,3)11(15)19-8-10-7-18-10/h29-31H,5-28H2,1-4H3,(H,34,35);10H,6-9H2,1-5H3. The number of carboxylic acid groups (broad SMARTS) is 1. The van der Waals surface area contributed by atoms with Gasteiger partial charge in [0.05, 0.1) is 122 Å². The molecule has 1 rings (SSSR count). The van der Waals surface area contributed by atoms with E-state index in [1.54, 1.807) is 27.9 Å². The molecule has 5 unspecified atom stereocenters. The predicted molar refractivity (Wildman–Crippen MR) is 239 cm³/mol. The molecule has 63 heavy (non-hydrogen) atoms. The van der Waals surface area contributed by atoms with Crippen LogP contribution in [-0.2, 0) is 71.3 Å². The first kappa shape index (κ1) is 60.6. The number of epoxide rings is 1. The third kappa shape index (κ3) is 32.8. The number of hydrogen-bond acceptors (Lipinski definition) is 15. The van der Waals surface area contributed by atoms with Crippen molar-refractivity contribution in [1.29, 1.82) is 0 Å². The molecule has 1 aliphatic rings.